The summed E-state index contributed by atoms with van der Waals surface area (Å²) < 4.78 is 52.6. The molecule has 4 N–H and O–H groups in total. The average Bonchev–Trinajstić information content (AvgIpc) is 3.37. The third-order valence-electron chi connectivity index (χ3n) is 7.02. The number of benzene rings is 1. The number of alkyl halides is 3. The molecule has 1 saturated heterocycles. The van der Waals surface area contributed by atoms with Crippen molar-refractivity contribution in [1.82, 2.24) is 24.3 Å². The van der Waals surface area contributed by atoms with Gasteiger partial charge in [-0.1, -0.05) is 0 Å². The third-order valence-corrected chi connectivity index (χ3v) is 7.02. The van der Waals surface area contributed by atoms with Gasteiger partial charge in [0.1, 0.15) is 46.6 Å². The van der Waals surface area contributed by atoms with Gasteiger partial charge in [0, 0.05) is 29.7 Å². The highest BCUT2D eigenvalue weighted by atomic mass is 19.4. The van der Waals surface area contributed by atoms with E-state index in [0.717, 1.165) is 18.3 Å². The number of aliphatic hydroxyl groups is 1. The number of pyridine rings is 1. The van der Waals surface area contributed by atoms with E-state index in [1.165, 1.54) is 37.3 Å². The van der Waals surface area contributed by atoms with Crippen LogP contribution >= 0.6 is 0 Å². The molecule has 0 aliphatic carbocycles. The Morgan fingerprint density at radius 3 is 2.67 bits per heavy atom. The number of nitrogens with one attached hydrogen (secondary N) is 1. The summed E-state index contributed by atoms with van der Waals surface area (Å²) in [6.45, 7) is 3.56. The number of hydrogen-bond acceptors (Lipinski definition) is 9. The number of methoxy groups -OCH3 is 1. The number of nitrogens with zero attached hydrogens (tertiary/aromatic N) is 5. The minimum atomic E-state index is -4.60. The van der Waals surface area contributed by atoms with E-state index in [-0.39, 0.29) is 42.1 Å². The van der Waals surface area contributed by atoms with Gasteiger partial charge in [0.25, 0.3) is 11.8 Å². The lowest BCUT2D eigenvalue weighted by Crippen LogP contribution is -2.51. The summed E-state index contributed by atoms with van der Waals surface area (Å²) in [5, 5.41) is 12.3. The first-order valence-electron chi connectivity index (χ1n) is 13.1. The zero-order chi connectivity index (χ0) is 31.1. The molecule has 226 valence electrons. The lowest BCUT2D eigenvalue weighted by atomic mass is 10.1. The quantitative estimate of drug-likeness (QED) is 0.302. The van der Waals surface area contributed by atoms with Gasteiger partial charge in [-0.15, -0.1) is 0 Å². The smallest absolute Gasteiger partial charge is 0.416 e. The van der Waals surface area contributed by atoms with Gasteiger partial charge < -0.3 is 30.5 Å². The topological polar surface area (TPSA) is 157 Å². The van der Waals surface area contributed by atoms with Crippen LogP contribution in [0, 0.1) is 0 Å². The Morgan fingerprint density at radius 2 is 1.98 bits per heavy atom. The molecule has 0 radical (unpaired) electrons. The van der Waals surface area contributed by atoms with Gasteiger partial charge >= 0.3 is 6.18 Å². The first-order chi connectivity index (χ1) is 20.4. The zero-order valence-corrected chi connectivity index (χ0v) is 23.3. The first-order valence-corrected chi connectivity index (χ1v) is 13.1. The number of aromatic nitrogens is 4. The van der Waals surface area contributed by atoms with E-state index in [2.05, 4.69) is 15.3 Å². The standard InChI is InChI=1S/C28H28F3N7O5/c1-14-13-43-20(12-38(14)27(41)15(2)39)25-36-22(23-24(32)34-8-9-37(23)25)18-5-4-16(10-19(18)42-3)26(40)35-21-11-17(6-7-33-21)28(29,30)31/h4-11,14-15,20,39H,12-13H2,1-3H3,(H2,32,34)(H,33,35,40)/t14-,15-,20+/m0/s1. The lowest BCUT2D eigenvalue weighted by molar-refractivity contribution is -0.152. The molecule has 0 unspecified atom stereocenters. The number of morpholine rings is 1. The number of carbonyl (C=O) groups is 2. The van der Waals surface area contributed by atoms with E-state index in [1.54, 1.807) is 16.7 Å². The highest BCUT2D eigenvalue weighted by Gasteiger charge is 2.35. The number of anilines is 2. The van der Waals surface area contributed by atoms with Crippen LogP contribution in [0.2, 0.25) is 0 Å². The van der Waals surface area contributed by atoms with Crippen molar-refractivity contribution in [3.63, 3.8) is 0 Å². The summed E-state index contributed by atoms with van der Waals surface area (Å²) >= 11 is 0. The van der Waals surface area contributed by atoms with Gasteiger partial charge in [0.15, 0.2) is 0 Å². The third kappa shape index (κ3) is 5.81. The molecule has 4 heterocycles. The van der Waals surface area contributed by atoms with Gasteiger partial charge in [-0.05, 0) is 44.2 Å². The molecule has 0 bridgehead atoms. The highest BCUT2D eigenvalue weighted by molar-refractivity contribution is 6.04. The van der Waals surface area contributed by atoms with Crippen LogP contribution in [0.15, 0.2) is 48.9 Å². The number of hydrogen-bond donors (Lipinski definition) is 3. The predicted octanol–water partition coefficient (Wildman–Crippen LogP) is 3.32. The van der Waals surface area contributed by atoms with Crippen molar-refractivity contribution in [3.8, 4) is 17.0 Å². The molecule has 1 aliphatic rings. The molecule has 43 heavy (non-hydrogen) atoms. The van der Waals surface area contributed by atoms with E-state index in [1.807, 2.05) is 6.92 Å². The molecule has 4 aromatic rings. The summed E-state index contributed by atoms with van der Waals surface area (Å²) in [6, 6.07) is 5.72. The van der Waals surface area contributed by atoms with Crippen LogP contribution in [-0.4, -0.2) is 73.6 Å². The minimum absolute atomic E-state index is 0.0894. The molecule has 5 rings (SSSR count). The molecular formula is C28H28F3N7O5. The number of carbonyl (C=O) groups excluding carboxylic acids is 2. The number of nitrogen functional groups attached to an aromatic ring is 1. The molecule has 1 aromatic carbocycles. The Bertz CT molecular complexity index is 1690. The van der Waals surface area contributed by atoms with Gasteiger partial charge in [0.2, 0.25) is 0 Å². The monoisotopic (exact) mass is 599 g/mol. The Labute approximate surface area is 243 Å². The molecule has 3 aromatic heterocycles. The van der Waals surface area contributed by atoms with Crippen molar-refractivity contribution in [3.05, 3.63) is 65.9 Å². The normalized spacial score (nSPS) is 18.0. The number of fused-ring (bicyclic) bond motifs is 1. The average molecular weight is 600 g/mol. The molecule has 12 nitrogen and oxygen atoms in total. The van der Waals surface area contributed by atoms with Crippen LogP contribution in [0.25, 0.3) is 16.8 Å². The molecule has 1 aliphatic heterocycles. The van der Waals surface area contributed by atoms with Crippen molar-refractivity contribution >= 4 is 29.0 Å². The maximum absolute atomic E-state index is 13.1. The highest BCUT2D eigenvalue weighted by Crippen LogP contribution is 2.38. The van der Waals surface area contributed by atoms with Crippen LogP contribution in [0.3, 0.4) is 0 Å². The molecule has 0 saturated carbocycles. The van der Waals surface area contributed by atoms with Crippen molar-refractivity contribution < 1.29 is 37.3 Å². The number of rotatable bonds is 6. The van der Waals surface area contributed by atoms with E-state index < -0.39 is 35.8 Å². The van der Waals surface area contributed by atoms with Crippen LogP contribution < -0.4 is 15.8 Å². The number of imidazole rings is 1. The van der Waals surface area contributed by atoms with E-state index >= 15 is 0 Å². The fraction of sp³-hybridized carbons (Fsp3) is 0.321. The fourth-order valence-corrected chi connectivity index (χ4v) is 4.85. The second-order valence-corrected chi connectivity index (χ2v) is 9.98. The molecule has 15 heteroatoms. The van der Waals surface area contributed by atoms with Crippen LogP contribution in [-0.2, 0) is 15.7 Å². The molecular weight excluding hydrogens is 571 g/mol. The van der Waals surface area contributed by atoms with Crippen LogP contribution in [0.1, 0.15) is 41.7 Å². The number of nitrogens with two attached hydrogens (primary N) is 1. The summed E-state index contributed by atoms with van der Waals surface area (Å²) in [6.07, 6.45) is -2.35. The SMILES string of the molecule is COc1cc(C(=O)Nc2cc(C(F)(F)F)ccn2)ccc1-c1nc([C@H]2CN(C(=O)[C@H](C)O)[C@@H](C)CO2)n2ccnc(N)c12. The fourth-order valence-electron chi connectivity index (χ4n) is 4.85. The van der Waals surface area contributed by atoms with Crippen LogP contribution in [0.4, 0.5) is 24.8 Å². The zero-order valence-electron chi connectivity index (χ0n) is 23.3. The summed E-state index contributed by atoms with van der Waals surface area (Å²) in [4.78, 5) is 39.9. The van der Waals surface area contributed by atoms with Gasteiger partial charge in [-0.3, -0.25) is 14.0 Å². The molecule has 1 fully saturated rings. The Balaban J connectivity index is 1.50. The summed E-state index contributed by atoms with van der Waals surface area (Å²) in [7, 11) is 1.39. The van der Waals surface area contributed by atoms with Gasteiger partial charge in [-0.25, -0.2) is 15.0 Å². The van der Waals surface area contributed by atoms with Crippen LogP contribution in [0.5, 0.6) is 5.75 Å². The van der Waals surface area contributed by atoms with Gasteiger partial charge in [-0.2, -0.15) is 13.2 Å². The Kier molecular flexibility index (Phi) is 7.94. The van der Waals surface area contributed by atoms with Crippen molar-refractivity contribution in [2.75, 3.05) is 31.3 Å². The second kappa shape index (κ2) is 11.5. The Morgan fingerprint density at radius 1 is 1.21 bits per heavy atom. The molecule has 2 amide bonds. The number of halogens is 3. The van der Waals surface area contributed by atoms with E-state index in [9.17, 15) is 27.9 Å². The maximum Gasteiger partial charge on any atom is 0.416 e. The second-order valence-electron chi connectivity index (χ2n) is 9.98. The van der Waals surface area contributed by atoms with E-state index in [4.69, 9.17) is 20.2 Å². The van der Waals surface area contributed by atoms with E-state index in [0.29, 0.717) is 22.6 Å². The summed E-state index contributed by atoms with van der Waals surface area (Å²) in [5.41, 5.74) is 6.64. The molecule has 3 atom stereocenters. The Hall–Kier alpha value is -4.76. The number of amides is 2. The first kappa shape index (κ1) is 29.7. The predicted molar refractivity (Wildman–Crippen MR) is 148 cm³/mol. The van der Waals surface area contributed by atoms with Gasteiger partial charge in [0.05, 0.1) is 31.9 Å². The molecule has 0 spiro atoms. The number of ether oxygens (including phenoxy) is 2. The lowest BCUT2D eigenvalue weighted by Gasteiger charge is -2.38. The number of aliphatic hydroxyl groups excluding tert-OH is 1. The van der Waals surface area contributed by atoms with Crippen molar-refractivity contribution in [2.24, 2.45) is 0 Å². The maximum atomic E-state index is 13.1. The van der Waals surface area contributed by atoms with Crippen molar-refractivity contribution in [1.29, 1.82) is 0 Å². The largest absolute Gasteiger partial charge is 0.496 e. The van der Waals surface area contributed by atoms with Crippen molar-refractivity contribution in [2.45, 2.75) is 38.3 Å². The summed E-state index contributed by atoms with van der Waals surface area (Å²) in [5.74, 6) is -0.606. The minimum Gasteiger partial charge on any atom is -0.496 e.